The molecule has 70 valence electrons. The zero-order valence-corrected chi connectivity index (χ0v) is 8.35. The van der Waals surface area contributed by atoms with Gasteiger partial charge in [0.15, 0.2) is 0 Å². The van der Waals surface area contributed by atoms with Crippen molar-refractivity contribution in [1.82, 2.24) is 4.98 Å². The molecule has 1 aliphatic rings. The normalized spacial score (nSPS) is 23.4. The molecular weight excluding hydrogens is 182 g/mol. The second kappa shape index (κ2) is 4.01. The van der Waals surface area contributed by atoms with E-state index in [1.807, 2.05) is 11.7 Å². The Morgan fingerprint density at radius 1 is 1.62 bits per heavy atom. The first-order chi connectivity index (χ1) is 6.34. The van der Waals surface area contributed by atoms with Gasteiger partial charge in [0.05, 0.1) is 5.51 Å². The molecule has 0 amide bonds. The molecule has 0 spiro atoms. The zero-order chi connectivity index (χ0) is 9.10. The van der Waals surface area contributed by atoms with Gasteiger partial charge in [0.2, 0.25) is 0 Å². The van der Waals surface area contributed by atoms with E-state index in [1.54, 1.807) is 11.3 Å². The van der Waals surface area contributed by atoms with E-state index in [0.717, 1.165) is 25.7 Å². The second-order valence-corrected chi connectivity index (χ2v) is 4.64. The molecule has 1 aliphatic carbocycles. The molecule has 2 nitrogen and oxygen atoms in total. The smallest absolute Gasteiger partial charge is 0.133 e. The third kappa shape index (κ3) is 2.37. The minimum Gasteiger partial charge on any atom is -0.300 e. The van der Waals surface area contributed by atoms with Crippen LogP contribution in [0.1, 0.15) is 30.6 Å². The SMILES string of the molecule is O=C1CCCC(Cc2cncs2)C1. The number of carbonyl (C=O) groups excluding carboxylic acids is 1. The highest BCUT2D eigenvalue weighted by atomic mass is 32.1. The standard InChI is InChI=1S/C10H13NOS/c12-9-3-1-2-8(4-9)5-10-6-11-7-13-10/h6-8H,1-5H2. The summed E-state index contributed by atoms with van der Waals surface area (Å²) in [6, 6.07) is 0. The molecule has 0 bridgehead atoms. The molecule has 0 aliphatic heterocycles. The predicted molar refractivity (Wildman–Crippen MR) is 52.8 cm³/mol. The lowest BCUT2D eigenvalue weighted by Gasteiger charge is -2.19. The highest BCUT2D eigenvalue weighted by Gasteiger charge is 2.19. The van der Waals surface area contributed by atoms with Gasteiger partial charge in [-0.3, -0.25) is 9.78 Å². The van der Waals surface area contributed by atoms with Crippen LogP contribution in [0.4, 0.5) is 0 Å². The van der Waals surface area contributed by atoms with Crippen LogP contribution in [-0.2, 0) is 11.2 Å². The molecule has 13 heavy (non-hydrogen) atoms. The second-order valence-electron chi connectivity index (χ2n) is 3.67. The summed E-state index contributed by atoms with van der Waals surface area (Å²) in [4.78, 5) is 16.5. The van der Waals surface area contributed by atoms with E-state index in [0.29, 0.717) is 11.7 Å². The van der Waals surface area contributed by atoms with Gasteiger partial charge in [-0.2, -0.15) is 0 Å². The number of Topliss-reactive ketones (excluding diaryl/α,β-unsaturated/α-hetero) is 1. The number of aromatic nitrogens is 1. The minimum atomic E-state index is 0.445. The fourth-order valence-corrected chi connectivity index (χ4v) is 2.63. The van der Waals surface area contributed by atoms with Crippen molar-refractivity contribution < 1.29 is 4.79 Å². The largest absolute Gasteiger partial charge is 0.300 e. The minimum absolute atomic E-state index is 0.445. The van der Waals surface area contributed by atoms with Gasteiger partial charge in [-0.05, 0) is 25.2 Å². The topological polar surface area (TPSA) is 30.0 Å². The van der Waals surface area contributed by atoms with Crippen molar-refractivity contribution in [2.75, 3.05) is 0 Å². The summed E-state index contributed by atoms with van der Waals surface area (Å²) in [5.74, 6) is 1.03. The average molecular weight is 195 g/mol. The average Bonchev–Trinajstić information content (AvgIpc) is 2.57. The number of thiazole rings is 1. The Labute approximate surface area is 82.0 Å². The molecule has 1 fully saturated rings. The molecule has 1 aromatic heterocycles. The number of rotatable bonds is 2. The fourth-order valence-electron chi connectivity index (χ4n) is 1.92. The Bertz CT molecular complexity index is 281. The first-order valence-electron chi connectivity index (χ1n) is 4.73. The monoisotopic (exact) mass is 195 g/mol. The van der Waals surface area contributed by atoms with Crippen molar-refractivity contribution >= 4 is 17.1 Å². The lowest BCUT2D eigenvalue weighted by Crippen LogP contribution is -2.16. The third-order valence-corrected chi connectivity index (χ3v) is 3.36. The van der Waals surface area contributed by atoms with E-state index in [9.17, 15) is 4.79 Å². The molecule has 0 saturated heterocycles. The van der Waals surface area contributed by atoms with E-state index in [1.165, 1.54) is 11.3 Å². The Hall–Kier alpha value is -0.700. The summed E-state index contributed by atoms with van der Waals surface area (Å²) < 4.78 is 0. The van der Waals surface area contributed by atoms with Crippen LogP contribution >= 0.6 is 11.3 Å². The van der Waals surface area contributed by atoms with Crippen LogP contribution in [0, 0.1) is 5.92 Å². The number of nitrogens with zero attached hydrogens (tertiary/aromatic N) is 1. The first kappa shape index (κ1) is 8.88. The zero-order valence-electron chi connectivity index (χ0n) is 7.53. The molecule has 1 aromatic rings. The van der Waals surface area contributed by atoms with Gasteiger partial charge in [-0.25, -0.2) is 0 Å². The lowest BCUT2D eigenvalue weighted by molar-refractivity contribution is -0.121. The Morgan fingerprint density at radius 2 is 2.54 bits per heavy atom. The van der Waals surface area contributed by atoms with Gasteiger partial charge < -0.3 is 0 Å². The van der Waals surface area contributed by atoms with Gasteiger partial charge in [0.25, 0.3) is 0 Å². The molecule has 1 unspecified atom stereocenters. The molecule has 0 radical (unpaired) electrons. The first-order valence-corrected chi connectivity index (χ1v) is 5.61. The summed E-state index contributed by atoms with van der Waals surface area (Å²) in [5.41, 5.74) is 1.86. The molecule has 0 aromatic carbocycles. The fraction of sp³-hybridized carbons (Fsp3) is 0.600. The molecule has 1 saturated carbocycles. The van der Waals surface area contributed by atoms with Crippen LogP contribution in [0.15, 0.2) is 11.7 Å². The molecule has 3 heteroatoms. The van der Waals surface area contributed by atoms with E-state index >= 15 is 0 Å². The van der Waals surface area contributed by atoms with Gasteiger partial charge in [0.1, 0.15) is 5.78 Å². The van der Waals surface area contributed by atoms with Crippen LogP contribution in [0.3, 0.4) is 0 Å². The van der Waals surface area contributed by atoms with E-state index in [4.69, 9.17) is 0 Å². The highest BCUT2D eigenvalue weighted by Crippen LogP contribution is 2.25. The molecule has 0 N–H and O–H groups in total. The predicted octanol–water partition coefficient (Wildman–Crippen LogP) is 2.44. The number of carbonyl (C=O) groups is 1. The van der Waals surface area contributed by atoms with Crippen LogP contribution in [0.25, 0.3) is 0 Å². The molecule has 1 heterocycles. The number of hydrogen-bond acceptors (Lipinski definition) is 3. The van der Waals surface area contributed by atoms with Crippen LogP contribution in [-0.4, -0.2) is 10.8 Å². The summed E-state index contributed by atoms with van der Waals surface area (Å²) >= 11 is 1.70. The summed E-state index contributed by atoms with van der Waals surface area (Å²) in [5, 5.41) is 0. The Balaban J connectivity index is 1.91. The van der Waals surface area contributed by atoms with Crippen molar-refractivity contribution in [1.29, 1.82) is 0 Å². The summed E-state index contributed by atoms with van der Waals surface area (Å²) in [7, 11) is 0. The van der Waals surface area contributed by atoms with Gasteiger partial charge in [-0.15, -0.1) is 11.3 Å². The van der Waals surface area contributed by atoms with Crippen LogP contribution in [0.2, 0.25) is 0 Å². The summed E-state index contributed by atoms with van der Waals surface area (Å²) in [6.45, 7) is 0. The van der Waals surface area contributed by atoms with Crippen molar-refractivity contribution in [3.8, 4) is 0 Å². The van der Waals surface area contributed by atoms with Gasteiger partial charge >= 0.3 is 0 Å². The van der Waals surface area contributed by atoms with Crippen LogP contribution < -0.4 is 0 Å². The Morgan fingerprint density at radius 3 is 3.23 bits per heavy atom. The van der Waals surface area contributed by atoms with E-state index < -0.39 is 0 Å². The third-order valence-electron chi connectivity index (χ3n) is 2.56. The number of ketones is 1. The van der Waals surface area contributed by atoms with Crippen molar-refractivity contribution in [2.45, 2.75) is 32.1 Å². The maximum Gasteiger partial charge on any atom is 0.133 e. The maximum atomic E-state index is 11.2. The van der Waals surface area contributed by atoms with Crippen LogP contribution in [0.5, 0.6) is 0 Å². The van der Waals surface area contributed by atoms with Gasteiger partial charge in [0, 0.05) is 23.9 Å². The maximum absolute atomic E-state index is 11.2. The van der Waals surface area contributed by atoms with E-state index in [2.05, 4.69) is 4.98 Å². The quantitative estimate of drug-likeness (QED) is 0.725. The Kier molecular flexibility index (Phi) is 2.74. The van der Waals surface area contributed by atoms with Gasteiger partial charge in [-0.1, -0.05) is 0 Å². The van der Waals surface area contributed by atoms with E-state index in [-0.39, 0.29) is 0 Å². The molecule has 2 rings (SSSR count). The lowest BCUT2D eigenvalue weighted by atomic mass is 9.86. The van der Waals surface area contributed by atoms with Crippen molar-refractivity contribution in [2.24, 2.45) is 5.92 Å². The van der Waals surface area contributed by atoms with Crippen molar-refractivity contribution in [3.63, 3.8) is 0 Å². The van der Waals surface area contributed by atoms with Crippen molar-refractivity contribution in [3.05, 3.63) is 16.6 Å². The number of hydrogen-bond donors (Lipinski definition) is 0. The summed E-state index contributed by atoms with van der Waals surface area (Å²) in [6.07, 6.45) is 6.86. The molecular formula is C10H13NOS. The molecule has 1 atom stereocenters. The highest BCUT2D eigenvalue weighted by molar-refractivity contribution is 7.09.